The van der Waals surface area contributed by atoms with Crippen LogP contribution in [0.25, 0.3) is 11.4 Å². The number of hydrogen-bond donors (Lipinski definition) is 0. The number of hydrogen-bond acceptors (Lipinski definition) is 5. The molecule has 1 aliphatic rings. The third kappa shape index (κ3) is 3.34. The van der Waals surface area contributed by atoms with Gasteiger partial charge in [0.25, 0.3) is 0 Å². The summed E-state index contributed by atoms with van der Waals surface area (Å²) in [5.74, 6) is 1.89. The molecule has 0 N–H and O–H groups in total. The Morgan fingerprint density at radius 1 is 1.12 bits per heavy atom. The molecule has 126 valence electrons. The normalized spacial score (nSPS) is 13.8. The van der Waals surface area contributed by atoms with Crippen LogP contribution in [0, 0.1) is 0 Å². The summed E-state index contributed by atoms with van der Waals surface area (Å²) in [6, 6.07) is 13.4. The minimum Gasteiger partial charge on any atom is -0.489 e. The van der Waals surface area contributed by atoms with Crippen LogP contribution in [-0.4, -0.2) is 34.3 Å². The summed E-state index contributed by atoms with van der Waals surface area (Å²) < 4.78 is 12.9. The molecule has 2 heterocycles. The van der Waals surface area contributed by atoms with Crippen molar-refractivity contribution in [3.05, 3.63) is 59.4 Å². The van der Waals surface area contributed by atoms with Crippen molar-refractivity contribution in [2.45, 2.75) is 6.42 Å². The number of fused-ring (bicyclic) bond motifs is 1. The van der Waals surface area contributed by atoms with Crippen molar-refractivity contribution in [1.82, 2.24) is 14.9 Å². The minimum atomic E-state index is 0.507. The highest BCUT2D eigenvalue weighted by molar-refractivity contribution is 6.32. The lowest BCUT2D eigenvalue weighted by Gasteiger charge is -2.09. The van der Waals surface area contributed by atoms with E-state index in [9.17, 15) is 0 Å². The van der Waals surface area contributed by atoms with Crippen LogP contribution in [-0.2, 0) is 0 Å². The van der Waals surface area contributed by atoms with E-state index in [1.54, 1.807) is 23.3 Å². The molecule has 0 spiro atoms. The Morgan fingerprint density at radius 2 is 1.96 bits per heavy atom. The van der Waals surface area contributed by atoms with Gasteiger partial charge in [-0.25, -0.2) is 0 Å². The molecule has 0 atom stereocenters. The maximum Gasteiger partial charge on any atom is 0.184 e. The van der Waals surface area contributed by atoms with Crippen molar-refractivity contribution >= 4 is 17.8 Å². The van der Waals surface area contributed by atoms with Crippen LogP contribution in [0.1, 0.15) is 12.0 Å². The fourth-order valence-corrected chi connectivity index (χ4v) is 2.82. The van der Waals surface area contributed by atoms with Gasteiger partial charge in [0, 0.05) is 12.0 Å². The van der Waals surface area contributed by atoms with E-state index in [-0.39, 0.29) is 0 Å². The number of benzene rings is 2. The van der Waals surface area contributed by atoms with Gasteiger partial charge in [0.15, 0.2) is 17.3 Å². The summed E-state index contributed by atoms with van der Waals surface area (Å²) in [6.45, 7) is 1.20. The molecular formula is C18H15ClN4O2. The monoisotopic (exact) mass is 354 g/mol. The van der Waals surface area contributed by atoms with Gasteiger partial charge in [0.1, 0.15) is 6.33 Å². The SMILES string of the molecule is Clc1cc(/C=N\n2cnnc2-c2ccccc2)cc2c1OCCCO2. The Balaban J connectivity index is 1.64. The zero-order valence-corrected chi connectivity index (χ0v) is 14.1. The Labute approximate surface area is 149 Å². The van der Waals surface area contributed by atoms with Gasteiger partial charge in [-0.1, -0.05) is 41.9 Å². The molecule has 0 saturated carbocycles. The molecule has 3 aromatic rings. The minimum absolute atomic E-state index is 0.507. The summed E-state index contributed by atoms with van der Waals surface area (Å²) in [6.07, 6.45) is 4.08. The van der Waals surface area contributed by atoms with Gasteiger partial charge in [-0.2, -0.15) is 9.78 Å². The van der Waals surface area contributed by atoms with Gasteiger partial charge in [0.05, 0.1) is 24.5 Å². The fourth-order valence-electron chi connectivity index (χ4n) is 2.55. The summed E-state index contributed by atoms with van der Waals surface area (Å²) >= 11 is 6.31. The number of halogens is 1. The molecule has 2 aromatic carbocycles. The van der Waals surface area contributed by atoms with E-state index < -0.39 is 0 Å². The lowest BCUT2D eigenvalue weighted by molar-refractivity contribution is 0.297. The molecule has 0 aliphatic carbocycles. The largest absolute Gasteiger partial charge is 0.489 e. The first kappa shape index (κ1) is 15.7. The summed E-state index contributed by atoms with van der Waals surface area (Å²) in [5.41, 5.74) is 1.75. The average Bonchev–Trinajstić information content (AvgIpc) is 2.98. The Morgan fingerprint density at radius 3 is 2.84 bits per heavy atom. The lowest BCUT2D eigenvalue weighted by Crippen LogP contribution is -1.97. The number of rotatable bonds is 3. The molecule has 0 fully saturated rings. The molecule has 0 saturated heterocycles. The predicted molar refractivity (Wildman–Crippen MR) is 95.5 cm³/mol. The summed E-state index contributed by atoms with van der Waals surface area (Å²) in [4.78, 5) is 0. The highest BCUT2D eigenvalue weighted by Crippen LogP contribution is 2.37. The van der Waals surface area contributed by atoms with E-state index in [0.717, 1.165) is 17.5 Å². The third-order valence-corrected chi connectivity index (χ3v) is 4.00. The summed E-state index contributed by atoms with van der Waals surface area (Å²) in [7, 11) is 0. The van der Waals surface area contributed by atoms with Crippen molar-refractivity contribution < 1.29 is 9.47 Å². The predicted octanol–water partition coefficient (Wildman–Crippen LogP) is 3.64. The van der Waals surface area contributed by atoms with E-state index in [0.29, 0.717) is 35.6 Å². The second kappa shape index (κ2) is 6.94. The van der Waals surface area contributed by atoms with Gasteiger partial charge in [-0.05, 0) is 17.7 Å². The molecule has 0 unspecified atom stereocenters. The highest BCUT2D eigenvalue weighted by atomic mass is 35.5. The van der Waals surface area contributed by atoms with E-state index in [1.165, 1.54) is 0 Å². The van der Waals surface area contributed by atoms with Crippen LogP contribution in [0.3, 0.4) is 0 Å². The second-order valence-electron chi connectivity index (χ2n) is 5.49. The maximum atomic E-state index is 6.31. The standard InChI is InChI=1S/C18H15ClN4O2/c19-15-9-13(10-16-17(15)25-8-4-7-24-16)11-21-23-12-20-22-18(23)14-5-2-1-3-6-14/h1-3,5-6,9-12H,4,7-8H2/b21-11-. The van der Waals surface area contributed by atoms with Crippen LogP contribution >= 0.6 is 11.6 Å². The zero-order valence-electron chi connectivity index (χ0n) is 13.3. The van der Waals surface area contributed by atoms with E-state index in [4.69, 9.17) is 21.1 Å². The number of nitrogens with zero attached hydrogens (tertiary/aromatic N) is 4. The first-order valence-electron chi connectivity index (χ1n) is 7.90. The van der Waals surface area contributed by atoms with Gasteiger partial charge in [-0.15, -0.1) is 10.2 Å². The molecule has 1 aliphatic heterocycles. The van der Waals surface area contributed by atoms with E-state index in [1.807, 2.05) is 36.4 Å². The van der Waals surface area contributed by atoms with Crippen molar-refractivity contribution in [2.75, 3.05) is 13.2 Å². The van der Waals surface area contributed by atoms with Gasteiger partial charge >= 0.3 is 0 Å². The first-order valence-corrected chi connectivity index (χ1v) is 8.28. The third-order valence-electron chi connectivity index (χ3n) is 3.72. The van der Waals surface area contributed by atoms with Crippen molar-refractivity contribution in [3.63, 3.8) is 0 Å². The Hall–Kier alpha value is -2.86. The Bertz CT molecular complexity index is 909. The fraction of sp³-hybridized carbons (Fsp3) is 0.167. The average molecular weight is 355 g/mol. The van der Waals surface area contributed by atoms with Crippen LogP contribution in [0.15, 0.2) is 53.9 Å². The molecular weight excluding hydrogens is 340 g/mol. The smallest absolute Gasteiger partial charge is 0.184 e. The molecule has 0 amide bonds. The van der Waals surface area contributed by atoms with Crippen LogP contribution in [0.4, 0.5) is 0 Å². The van der Waals surface area contributed by atoms with Crippen LogP contribution < -0.4 is 9.47 Å². The van der Waals surface area contributed by atoms with Crippen molar-refractivity contribution in [3.8, 4) is 22.9 Å². The zero-order chi connectivity index (χ0) is 17.1. The molecule has 25 heavy (non-hydrogen) atoms. The van der Waals surface area contributed by atoms with Crippen molar-refractivity contribution in [1.29, 1.82) is 0 Å². The highest BCUT2D eigenvalue weighted by Gasteiger charge is 2.15. The van der Waals surface area contributed by atoms with E-state index >= 15 is 0 Å². The molecule has 4 rings (SSSR count). The molecule has 7 heteroatoms. The molecule has 0 radical (unpaired) electrons. The molecule has 1 aromatic heterocycles. The quantitative estimate of drug-likeness (QED) is 0.674. The van der Waals surface area contributed by atoms with Crippen LogP contribution in [0.5, 0.6) is 11.5 Å². The number of ether oxygens (including phenoxy) is 2. The Kier molecular flexibility index (Phi) is 4.35. The van der Waals surface area contributed by atoms with E-state index in [2.05, 4.69) is 15.3 Å². The van der Waals surface area contributed by atoms with Crippen molar-refractivity contribution in [2.24, 2.45) is 5.10 Å². The van der Waals surface area contributed by atoms with Gasteiger partial charge in [-0.3, -0.25) is 0 Å². The van der Waals surface area contributed by atoms with Crippen LogP contribution in [0.2, 0.25) is 5.02 Å². The molecule has 0 bridgehead atoms. The summed E-state index contributed by atoms with van der Waals surface area (Å²) in [5, 5.41) is 13.0. The molecule has 6 nitrogen and oxygen atoms in total. The maximum absolute atomic E-state index is 6.31. The second-order valence-corrected chi connectivity index (χ2v) is 5.90. The first-order chi connectivity index (χ1) is 12.3. The topological polar surface area (TPSA) is 61.5 Å². The number of aromatic nitrogens is 3. The lowest BCUT2D eigenvalue weighted by atomic mass is 10.2. The van der Waals surface area contributed by atoms with Gasteiger partial charge < -0.3 is 9.47 Å². The van der Waals surface area contributed by atoms with Gasteiger partial charge in [0.2, 0.25) is 0 Å².